The molecule has 0 aromatic heterocycles. The first-order chi connectivity index (χ1) is 12.8. The number of aliphatic hydroxyl groups is 1. The van der Waals surface area contributed by atoms with Gasteiger partial charge in [-0.25, -0.2) is 4.79 Å². The van der Waals surface area contributed by atoms with Crippen LogP contribution in [0.4, 0.5) is 0 Å². The summed E-state index contributed by atoms with van der Waals surface area (Å²) in [6.45, 7) is 12.5. The molecule has 0 saturated carbocycles. The summed E-state index contributed by atoms with van der Waals surface area (Å²) >= 11 is 0. The molecule has 1 N–H and O–H groups in total. The van der Waals surface area contributed by atoms with Gasteiger partial charge in [0.15, 0.2) is 0 Å². The van der Waals surface area contributed by atoms with E-state index in [0.29, 0.717) is 17.9 Å². The number of hydrogen-bond acceptors (Lipinski definition) is 3. The number of benzene rings is 1. The Hall–Kier alpha value is -1.35. The third-order valence-corrected chi connectivity index (χ3v) is 5.07. The van der Waals surface area contributed by atoms with Gasteiger partial charge in [-0.2, -0.15) is 0 Å². The predicted octanol–water partition coefficient (Wildman–Crippen LogP) is 5.96. The molecular formula is C24H40O3. The van der Waals surface area contributed by atoms with E-state index >= 15 is 0 Å². The molecule has 1 aromatic carbocycles. The first kappa shape index (κ1) is 23.7. The van der Waals surface area contributed by atoms with Gasteiger partial charge < -0.3 is 9.84 Å². The molecular weight excluding hydrogens is 336 g/mol. The van der Waals surface area contributed by atoms with Crippen LogP contribution in [-0.2, 0) is 17.6 Å². The molecule has 2 atom stereocenters. The summed E-state index contributed by atoms with van der Waals surface area (Å²) < 4.78 is 5.85. The Morgan fingerprint density at radius 1 is 1.04 bits per heavy atom. The molecule has 3 nitrogen and oxygen atoms in total. The maximum Gasteiger partial charge on any atom is 0.338 e. The fraction of sp³-hybridized carbons (Fsp3) is 0.708. The van der Waals surface area contributed by atoms with Crippen LogP contribution in [0.3, 0.4) is 0 Å². The van der Waals surface area contributed by atoms with Gasteiger partial charge in [0.25, 0.3) is 0 Å². The van der Waals surface area contributed by atoms with Crippen LogP contribution in [0, 0.1) is 11.8 Å². The summed E-state index contributed by atoms with van der Waals surface area (Å²) in [7, 11) is 0. The Bertz CT molecular complexity index is 563. The predicted molar refractivity (Wildman–Crippen MR) is 113 cm³/mol. The van der Waals surface area contributed by atoms with E-state index in [1.807, 2.05) is 26.0 Å². The smallest absolute Gasteiger partial charge is 0.338 e. The first-order valence-electron chi connectivity index (χ1n) is 10.8. The van der Waals surface area contributed by atoms with Gasteiger partial charge in [0.05, 0.1) is 11.7 Å². The van der Waals surface area contributed by atoms with E-state index in [-0.39, 0.29) is 11.9 Å². The molecule has 0 bridgehead atoms. The van der Waals surface area contributed by atoms with Crippen molar-refractivity contribution in [1.82, 2.24) is 0 Å². The summed E-state index contributed by atoms with van der Waals surface area (Å²) in [5, 5.41) is 10.5. The van der Waals surface area contributed by atoms with E-state index in [0.717, 1.165) is 44.1 Å². The SMILES string of the molecule is CCCCc1cccc(C(=O)OC(C(C)C)C(O)CC(C)C)c1CCCC. The number of unbranched alkanes of at least 4 members (excludes halogenated alkanes) is 2. The fourth-order valence-corrected chi connectivity index (χ4v) is 3.54. The third-order valence-electron chi connectivity index (χ3n) is 5.07. The summed E-state index contributed by atoms with van der Waals surface area (Å²) in [5.41, 5.74) is 3.08. The van der Waals surface area contributed by atoms with Crippen LogP contribution in [0.5, 0.6) is 0 Å². The van der Waals surface area contributed by atoms with Gasteiger partial charge in [0.1, 0.15) is 6.10 Å². The van der Waals surface area contributed by atoms with Gasteiger partial charge in [-0.05, 0) is 61.1 Å². The molecule has 0 aliphatic heterocycles. The van der Waals surface area contributed by atoms with E-state index in [2.05, 4.69) is 33.8 Å². The Balaban J connectivity index is 3.08. The second-order valence-electron chi connectivity index (χ2n) is 8.46. The Labute approximate surface area is 166 Å². The lowest BCUT2D eigenvalue weighted by Crippen LogP contribution is -2.36. The molecule has 0 aliphatic carbocycles. The lowest BCUT2D eigenvalue weighted by atomic mass is 9.92. The highest BCUT2D eigenvalue weighted by Gasteiger charge is 2.28. The number of aliphatic hydroxyl groups excluding tert-OH is 1. The topological polar surface area (TPSA) is 46.5 Å². The zero-order chi connectivity index (χ0) is 20.4. The van der Waals surface area contributed by atoms with Gasteiger partial charge >= 0.3 is 5.97 Å². The average Bonchev–Trinajstić information content (AvgIpc) is 2.61. The summed E-state index contributed by atoms with van der Waals surface area (Å²) in [5.74, 6) is 0.142. The number of esters is 1. The normalized spacial score (nSPS) is 13.8. The van der Waals surface area contributed by atoms with Crippen molar-refractivity contribution < 1.29 is 14.6 Å². The van der Waals surface area contributed by atoms with Crippen LogP contribution in [-0.4, -0.2) is 23.3 Å². The third kappa shape index (κ3) is 7.65. The molecule has 0 fully saturated rings. The van der Waals surface area contributed by atoms with E-state index in [9.17, 15) is 9.90 Å². The number of carbonyl (C=O) groups is 1. The van der Waals surface area contributed by atoms with Gasteiger partial charge in [-0.15, -0.1) is 0 Å². The molecule has 0 amide bonds. The maximum absolute atomic E-state index is 13.0. The van der Waals surface area contributed by atoms with Crippen molar-refractivity contribution in [3.8, 4) is 0 Å². The second kappa shape index (κ2) is 12.2. The number of aryl methyl sites for hydroxylation is 1. The molecule has 2 unspecified atom stereocenters. The van der Waals surface area contributed by atoms with Gasteiger partial charge in [0, 0.05) is 0 Å². The minimum Gasteiger partial charge on any atom is -0.456 e. The lowest BCUT2D eigenvalue weighted by Gasteiger charge is -2.28. The highest BCUT2D eigenvalue weighted by atomic mass is 16.6. The number of hydrogen-bond donors (Lipinski definition) is 1. The van der Waals surface area contributed by atoms with Crippen molar-refractivity contribution >= 4 is 5.97 Å². The molecule has 1 rings (SSSR count). The number of ether oxygens (including phenoxy) is 1. The van der Waals surface area contributed by atoms with Crippen LogP contribution in [0.2, 0.25) is 0 Å². The van der Waals surface area contributed by atoms with Gasteiger partial charge in [-0.1, -0.05) is 66.5 Å². The first-order valence-corrected chi connectivity index (χ1v) is 10.8. The molecule has 3 heteroatoms. The van der Waals surface area contributed by atoms with Crippen LogP contribution < -0.4 is 0 Å². The van der Waals surface area contributed by atoms with Crippen molar-refractivity contribution in [3.05, 3.63) is 34.9 Å². The quantitative estimate of drug-likeness (QED) is 0.458. The highest BCUT2D eigenvalue weighted by Crippen LogP contribution is 2.24. The summed E-state index contributed by atoms with van der Waals surface area (Å²) in [4.78, 5) is 13.0. The standard InChI is InChI=1S/C24H40O3/c1-7-9-12-19-13-11-15-21(20(19)14-10-8-2)24(26)27-23(18(5)6)22(25)16-17(3)4/h11,13,15,17-18,22-23,25H,7-10,12,14,16H2,1-6H3. The average molecular weight is 377 g/mol. The fourth-order valence-electron chi connectivity index (χ4n) is 3.54. The highest BCUT2D eigenvalue weighted by molar-refractivity contribution is 5.91. The molecule has 0 heterocycles. The van der Waals surface area contributed by atoms with Crippen LogP contribution in [0.15, 0.2) is 18.2 Å². The zero-order valence-electron chi connectivity index (χ0n) is 18.3. The Morgan fingerprint density at radius 3 is 2.22 bits per heavy atom. The molecule has 1 aromatic rings. The molecule has 0 radical (unpaired) electrons. The van der Waals surface area contributed by atoms with Crippen molar-refractivity contribution in [1.29, 1.82) is 0 Å². The number of rotatable bonds is 12. The van der Waals surface area contributed by atoms with E-state index in [1.54, 1.807) is 0 Å². The Morgan fingerprint density at radius 2 is 1.67 bits per heavy atom. The maximum atomic E-state index is 13.0. The summed E-state index contributed by atoms with van der Waals surface area (Å²) in [6.07, 6.45) is 5.86. The number of carbonyl (C=O) groups excluding carboxylic acids is 1. The summed E-state index contributed by atoms with van der Waals surface area (Å²) in [6, 6.07) is 5.99. The zero-order valence-corrected chi connectivity index (χ0v) is 18.3. The molecule has 27 heavy (non-hydrogen) atoms. The monoisotopic (exact) mass is 376 g/mol. The van der Waals surface area contributed by atoms with Crippen LogP contribution in [0.1, 0.15) is 95.1 Å². The second-order valence-corrected chi connectivity index (χ2v) is 8.46. The van der Waals surface area contributed by atoms with E-state index < -0.39 is 12.2 Å². The van der Waals surface area contributed by atoms with Crippen LogP contribution >= 0.6 is 0 Å². The van der Waals surface area contributed by atoms with Crippen molar-refractivity contribution in [2.75, 3.05) is 0 Å². The van der Waals surface area contributed by atoms with E-state index in [1.165, 1.54) is 5.56 Å². The molecule has 0 spiro atoms. The van der Waals surface area contributed by atoms with Gasteiger partial charge in [-0.3, -0.25) is 0 Å². The van der Waals surface area contributed by atoms with Crippen molar-refractivity contribution in [2.45, 2.75) is 98.7 Å². The van der Waals surface area contributed by atoms with Crippen LogP contribution in [0.25, 0.3) is 0 Å². The molecule has 0 aliphatic rings. The van der Waals surface area contributed by atoms with Crippen molar-refractivity contribution in [3.63, 3.8) is 0 Å². The van der Waals surface area contributed by atoms with Gasteiger partial charge in [0.2, 0.25) is 0 Å². The minimum atomic E-state index is -0.628. The van der Waals surface area contributed by atoms with Crippen molar-refractivity contribution in [2.24, 2.45) is 11.8 Å². The minimum absolute atomic E-state index is 0.0741. The largest absolute Gasteiger partial charge is 0.456 e. The lowest BCUT2D eigenvalue weighted by molar-refractivity contribution is -0.0435. The molecule has 154 valence electrons. The molecule has 0 saturated heterocycles. The Kier molecular flexibility index (Phi) is 10.7. The van der Waals surface area contributed by atoms with E-state index in [4.69, 9.17) is 4.74 Å².